The zero-order valence-electron chi connectivity index (χ0n) is 13.7. The van der Waals surface area contributed by atoms with Crippen LogP contribution < -0.4 is 5.32 Å². The molecule has 2 heterocycles. The fraction of sp³-hybridized carbons (Fsp3) is 0.211. The van der Waals surface area contributed by atoms with Crippen LogP contribution in [-0.2, 0) is 6.42 Å². The molecule has 0 unspecified atom stereocenters. The fourth-order valence-electron chi connectivity index (χ4n) is 3.52. The average Bonchev–Trinajstić information content (AvgIpc) is 2.99. The molecule has 1 aliphatic rings. The van der Waals surface area contributed by atoms with Crippen LogP contribution in [0.3, 0.4) is 0 Å². The van der Waals surface area contributed by atoms with E-state index < -0.39 is 18.2 Å². The number of hydrogen-bond donors (Lipinski definition) is 2. The van der Waals surface area contributed by atoms with Gasteiger partial charge < -0.3 is 15.2 Å². The summed E-state index contributed by atoms with van der Waals surface area (Å²) in [6.45, 7) is -0.00229. The highest BCUT2D eigenvalue weighted by atomic mass is 19.4. The number of alkyl halides is 3. The lowest BCUT2D eigenvalue weighted by atomic mass is 9.97. The minimum Gasteiger partial charge on any atom is -0.356 e. The number of carbonyl (C=O) groups is 1. The third-order valence-corrected chi connectivity index (χ3v) is 4.63. The van der Waals surface area contributed by atoms with E-state index in [-0.39, 0.29) is 12.2 Å². The number of urea groups is 1. The highest BCUT2D eigenvalue weighted by Gasteiger charge is 2.50. The second kappa shape index (κ2) is 6.09. The Morgan fingerprint density at radius 2 is 1.77 bits per heavy atom. The summed E-state index contributed by atoms with van der Waals surface area (Å²) >= 11 is 0. The van der Waals surface area contributed by atoms with Gasteiger partial charge in [0, 0.05) is 23.1 Å². The Hall–Kier alpha value is -2.96. The van der Waals surface area contributed by atoms with Crippen molar-refractivity contribution in [3.05, 3.63) is 65.9 Å². The van der Waals surface area contributed by atoms with E-state index in [1.807, 2.05) is 0 Å². The minimum atomic E-state index is -4.58. The van der Waals surface area contributed by atoms with Crippen molar-refractivity contribution in [2.24, 2.45) is 0 Å². The molecular formula is C19H16F3N3O. The van der Waals surface area contributed by atoms with Crippen LogP contribution in [0, 0.1) is 0 Å². The van der Waals surface area contributed by atoms with Crippen LogP contribution in [0.25, 0.3) is 10.9 Å². The number of nitrogens with one attached hydrogen (secondary N) is 2. The summed E-state index contributed by atoms with van der Waals surface area (Å²) in [6, 6.07) is 12.8. The molecule has 134 valence electrons. The quantitative estimate of drug-likeness (QED) is 0.640. The van der Waals surface area contributed by atoms with E-state index in [0.717, 1.165) is 10.3 Å². The molecule has 3 aromatic rings. The Morgan fingerprint density at radius 3 is 2.50 bits per heavy atom. The number of aromatic amines is 1. The van der Waals surface area contributed by atoms with Gasteiger partial charge in [0.05, 0.1) is 5.69 Å². The van der Waals surface area contributed by atoms with Crippen LogP contribution >= 0.6 is 0 Å². The largest absolute Gasteiger partial charge is 0.414 e. The van der Waals surface area contributed by atoms with Gasteiger partial charge in [-0.05, 0) is 30.2 Å². The van der Waals surface area contributed by atoms with E-state index in [1.165, 1.54) is 0 Å². The molecule has 0 bridgehead atoms. The first kappa shape index (κ1) is 16.5. The minimum absolute atomic E-state index is 0.00229. The molecule has 1 aromatic heterocycles. The molecule has 0 radical (unpaired) electrons. The van der Waals surface area contributed by atoms with Crippen LogP contribution in [-0.4, -0.2) is 28.6 Å². The van der Waals surface area contributed by atoms with Crippen molar-refractivity contribution in [2.75, 3.05) is 11.9 Å². The molecule has 0 saturated carbocycles. The van der Waals surface area contributed by atoms with Crippen molar-refractivity contribution < 1.29 is 18.0 Å². The molecule has 1 aliphatic heterocycles. The summed E-state index contributed by atoms with van der Waals surface area (Å²) in [6.07, 6.45) is -4.21. The number of carbonyl (C=O) groups excluding carboxylic acids is 1. The normalized spacial score (nSPS) is 17.2. The molecule has 2 N–H and O–H groups in total. The van der Waals surface area contributed by atoms with E-state index >= 15 is 0 Å². The van der Waals surface area contributed by atoms with E-state index in [2.05, 4.69) is 10.3 Å². The second-order valence-electron chi connectivity index (χ2n) is 6.25. The lowest BCUT2D eigenvalue weighted by Crippen LogP contribution is -2.48. The van der Waals surface area contributed by atoms with Crippen molar-refractivity contribution in [1.82, 2.24) is 9.88 Å². The number of nitrogens with zero attached hydrogens (tertiary/aromatic N) is 1. The lowest BCUT2D eigenvalue weighted by molar-refractivity contribution is -0.180. The SMILES string of the molecule is O=C(Nc1ccccc1)N1CCc2c([nH]c3ccccc23)[C@H]1C(F)(F)F. The maximum absolute atomic E-state index is 13.9. The number of rotatable bonds is 1. The molecule has 7 heteroatoms. The molecule has 26 heavy (non-hydrogen) atoms. The summed E-state index contributed by atoms with van der Waals surface area (Å²) in [5.41, 5.74) is 1.79. The van der Waals surface area contributed by atoms with Crippen molar-refractivity contribution in [3.63, 3.8) is 0 Å². The Morgan fingerprint density at radius 1 is 1.08 bits per heavy atom. The number of halogens is 3. The van der Waals surface area contributed by atoms with E-state index in [0.29, 0.717) is 23.2 Å². The van der Waals surface area contributed by atoms with Gasteiger partial charge in [0.2, 0.25) is 0 Å². The van der Waals surface area contributed by atoms with Gasteiger partial charge in [-0.3, -0.25) is 0 Å². The Kier molecular flexibility index (Phi) is 3.86. The van der Waals surface area contributed by atoms with Crippen molar-refractivity contribution in [3.8, 4) is 0 Å². The fourth-order valence-corrected chi connectivity index (χ4v) is 3.52. The lowest BCUT2D eigenvalue weighted by Gasteiger charge is -2.36. The summed E-state index contributed by atoms with van der Waals surface area (Å²) in [4.78, 5) is 16.3. The smallest absolute Gasteiger partial charge is 0.356 e. The van der Waals surface area contributed by atoms with Crippen LogP contribution in [0.15, 0.2) is 54.6 Å². The highest BCUT2D eigenvalue weighted by molar-refractivity contribution is 5.91. The monoisotopic (exact) mass is 359 g/mol. The third kappa shape index (κ3) is 2.79. The molecule has 4 rings (SSSR count). The van der Waals surface area contributed by atoms with Crippen molar-refractivity contribution in [1.29, 1.82) is 0 Å². The first-order valence-electron chi connectivity index (χ1n) is 8.24. The second-order valence-corrected chi connectivity index (χ2v) is 6.25. The number of benzene rings is 2. The van der Waals surface area contributed by atoms with Crippen molar-refractivity contribution >= 4 is 22.6 Å². The molecule has 0 spiro atoms. The van der Waals surface area contributed by atoms with Gasteiger partial charge in [0.15, 0.2) is 6.04 Å². The van der Waals surface area contributed by atoms with Crippen LogP contribution in [0.4, 0.5) is 23.7 Å². The zero-order valence-corrected chi connectivity index (χ0v) is 13.7. The van der Waals surface area contributed by atoms with Gasteiger partial charge >= 0.3 is 12.2 Å². The third-order valence-electron chi connectivity index (χ3n) is 4.63. The first-order chi connectivity index (χ1) is 12.4. The summed E-state index contributed by atoms with van der Waals surface area (Å²) in [5, 5.41) is 3.33. The zero-order chi connectivity index (χ0) is 18.3. The van der Waals surface area contributed by atoms with E-state index in [4.69, 9.17) is 0 Å². The predicted molar refractivity (Wildman–Crippen MR) is 93.0 cm³/mol. The number of amides is 2. The number of anilines is 1. The topological polar surface area (TPSA) is 48.1 Å². The molecule has 1 atom stereocenters. The number of hydrogen-bond acceptors (Lipinski definition) is 1. The van der Waals surface area contributed by atoms with Crippen LogP contribution in [0.2, 0.25) is 0 Å². The Bertz CT molecular complexity index is 950. The molecular weight excluding hydrogens is 343 g/mol. The van der Waals surface area contributed by atoms with Crippen LogP contribution in [0.5, 0.6) is 0 Å². The molecule has 0 aliphatic carbocycles. The molecule has 2 aromatic carbocycles. The summed E-state index contributed by atoms with van der Waals surface area (Å²) < 4.78 is 41.6. The predicted octanol–water partition coefficient (Wildman–Crippen LogP) is 4.86. The maximum atomic E-state index is 13.9. The number of para-hydroxylation sites is 2. The Labute approximate surface area is 147 Å². The molecule has 0 saturated heterocycles. The van der Waals surface area contributed by atoms with E-state index in [9.17, 15) is 18.0 Å². The first-order valence-corrected chi connectivity index (χ1v) is 8.24. The van der Waals surface area contributed by atoms with Gasteiger partial charge in [0.1, 0.15) is 0 Å². The van der Waals surface area contributed by atoms with E-state index in [1.54, 1.807) is 54.6 Å². The number of aromatic nitrogens is 1. The summed E-state index contributed by atoms with van der Waals surface area (Å²) in [5.74, 6) is 0. The molecule has 0 fully saturated rings. The molecule has 4 nitrogen and oxygen atoms in total. The standard InChI is InChI=1S/C19H16F3N3O/c20-19(21,22)17-16-14(13-8-4-5-9-15(13)24-16)10-11-25(17)18(26)23-12-6-2-1-3-7-12/h1-9,17,24H,10-11H2,(H,23,26)/t17-/m0/s1. The average molecular weight is 359 g/mol. The summed E-state index contributed by atoms with van der Waals surface area (Å²) in [7, 11) is 0. The van der Waals surface area contributed by atoms with Crippen LogP contribution in [0.1, 0.15) is 17.3 Å². The van der Waals surface area contributed by atoms with Gasteiger partial charge in [-0.2, -0.15) is 13.2 Å². The number of fused-ring (bicyclic) bond motifs is 3. The van der Waals surface area contributed by atoms with Crippen molar-refractivity contribution in [2.45, 2.75) is 18.6 Å². The number of H-pyrrole nitrogens is 1. The Balaban J connectivity index is 1.73. The van der Waals surface area contributed by atoms with Gasteiger partial charge in [-0.1, -0.05) is 36.4 Å². The molecule has 2 amide bonds. The van der Waals surface area contributed by atoms with Gasteiger partial charge in [-0.25, -0.2) is 4.79 Å². The van der Waals surface area contributed by atoms with Gasteiger partial charge in [-0.15, -0.1) is 0 Å². The highest BCUT2D eigenvalue weighted by Crippen LogP contribution is 2.43. The maximum Gasteiger partial charge on any atom is 0.414 e. The van der Waals surface area contributed by atoms with Gasteiger partial charge in [0.25, 0.3) is 0 Å².